The molecule has 0 amide bonds. The number of nitrogens with one attached hydrogen (secondary N) is 1. The van der Waals surface area contributed by atoms with Gasteiger partial charge < -0.3 is 15.2 Å². The van der Waals surface area contributed by atoms with Crippen LogP contribution < -0.4 is 10.1 Å². The number of hydrogen-bond acceptors (Lipinski definition) is 5. The van der Waals surface area contributed by atoms with Gasteiger partial charge in [0.2, 0.25) is 0 Å². The third-order valence-corrected chi connectivity index (χ3v) is 3.36. The van der Waals surface area contributed by atoms with Gasteiger partial charge in [0.15, 0.2) is 11.5 Å². The second-order valence-corrected chi connectivity index (χ2v) is 4.85. The van der Waals surface area contributed by atoms with Crippen molar-refractivity contribution in [1.29, 1.82) is 0 Å². The van der Waals surface area contributed by atoms with Gasteiger partial charge in [-0.2, -0.15) is 0 Å². The van der Waals surface area contributed by atoms with E-state index >= 15 is 0 Å². The maximum Gasteiger partial charge on any atom is 0.162 e. The van der Waals surface area contributed by atoms with Crippen molar-refractivity contribution >= 4 is 22.4 Å². The van der Waals surface area contributed by atoms with Crippen LogP contribution in [0.25, 0.3) is 10.9 Å². The fourth-order valence-electron chi connectivity index (χ4n) is 2.19. The van der Waals surface area contributed by atoms with Crippen LogP contribution in [0.15, 0.2) is 36.7 Å². The van der Waals surface area contributed by atoms with Crippen LogP contribution in [0.3, 0.4) is 0 Å². The molecule has 3 aromatic rings. The summed E-state index contributed by atoms with van der Waals surface area (Å²) in [5.74, 6) is 0.604. The minimum atomic E-state index is -0.263. The quantitative estimate of drug-likeness (QED) is 0.774. The summed E-state index contributed by atoms with van der Waals surface area (Å²) < 4.78 is 18.4. The van der Waals surface area contributed by atoms with E-state index < -0.39 is 0 Å². The van der Waals surface area contributed by atoms with Crippen molar-refractivity contribution in [3.05, 3.63) is 48.0 Å². The number of anilines is 2. The lowest BCUT2D eigenvalue weighted by molar-refractivity contribution is 0.374. The summed E-state index contributed by atoms with van der Waals surface area (Å²) in [7, 11) is 1.47. The number of fused-ring (bicyclic) bond motifs is 1. The molecule has 0 fully saturated rings. The molecule has 1 heterocycles. The van der Waals surface area contributed by atoms with E-state index in [2.05, 4.69) is 15.3 Å². The van der Waals surface area contributed by atoms with Crippen molar-refractivity contribution in [2.45, 2.75) is 6.92 Å². The summed E-state index contributed by atoms with van der Waals surface area (Å²) in [6, 6.07) is 7.87. The first-order valence-corrected chi connectivity index (χ1v) is 6.63. The Kier molecular flexibility index (Phi) is 3.50. The van der Waals surface area contributed by atoms with E-state index in [-0.39, 0.29) is 11.6 Å². The maximum absolute atomic E-state index is 13.3. The Morgan fingerprint density at radius 1 is 1.18 bits per heavy atom. The molecule has 5 nitrogen and oxygen atoms in total. The fraction of sp³-hybridized carbons (Fsp3) is 0.125. The number of ether oxygens (including phenoxy) is 1. The van der Waals surface area contributed by atoms with E-state index in [0.717, 1.165) is 0 Å². The first-order chi connectivity index (χ1) is 10.6. The van der Waals surface area contributed by atoms with Gasteiger partial charge in [0, 0.05) is 17.1 Å². The predicted molar refractivity (Wildman–Crippen MR) is 82.2 cm³/mol. The van der Waals surface area contributed by atoms with Gasteiger partial charge in [0.25, 0.3) is 0 Å². The highest BCUT2D eigenvalue weighted by Crippen LogP contribution is 2.33. The van der Waals surface area contributed by atoms with Crippen LogP contribution in [0, 0.1) is 12.7 Å². The number of aromatic nitrogens is 2. The molecule has 3 rings (SSSR count). The van der Waals surface area contributed by atoms with Crippen molar-refractivity contribution < 1.29 is 14.2 Å². The summed E-state index contributed by atoms with van der Waals surface area (Å²) >= 11 is 0. The lowest BCUT2D eigenvalue weighted by atomic mass is 10.2. The molecule has 0 atom stereocenters. The highest BCUT2D eigenvalue weighted by Gasteiger charge is 2.10. The van der Waals surface area contributed by atoms with Crippen LogP contribution >= 0.6 is 0 Å². The minimum Gasteiger partial charge on any atom is -0.504 e. The Labute approximate surface area is 126 Å². The summed E-state index contributed by atoms with van der Waals surface area (Å²) in [6.07, 6.45) is 1.41. The van der Waals surface area contributed by atoms with Gasteiger partial charge in [-0.3, -0.25) is 0 Å². The molecule has 0 aliphatic rings. The molecule has 0 radical (unpaired) electrons. The number of benzene rings is 2. The second kappa shape index (κ2) is 5.48. The lowest BCUT2D eigenvalue weighted by Gasteiger charge is -2.11. The highest BCUT2D eigenvalue weighted by atomic mass is 19.1. The number of phenolic OH excluding ortho intramolecular Hbond substituents is 1. The molecule has 0 spiro atoms. The zero-order chi connectivity index (χ0) is 15.7. The van der Waals surface area contributed by atoms with Gasteiger partial charge in [-0.15, -0.1) is 0 Å². The van der Waals surface area contributed by atoms with Crippen LogP contribution in [0.1, 0.15) is 5.56 Å². The van der Waals surface area contributed by atoms with Crippen LogP contribution in [0.2, 0.25) is 0 Å². The number of nitrogens with zero attached hydrogens (tertiary/aromatic N) is 2. The molecule has 1 aromatic heterocycles. The van der Waals surface area contributed by atoms with Gasteiger partial charge in [-0.1, -0.05) is 0 Å². The second-order valence-electron chi connectivity index (χ2n) is 4.85. The Morgan fingerprint density at radius 2 is 2.00 bits per heavy atom. The molecule has 2 aromatic carbocycles. The predicted octanol–water partition coefficient (Wildman–Crippen LogP) is 3.54. The van der Waals surface area contributed by atoms with Crippen molar-refractivity contribution in [2.75, 3.05) is 12.4 Å². The van der Waals surface area contributed by atoms with Crippen LogP contribution in [0.4, 0.5) is 15.9 Å². The Hall–Kier alpha value is -2.89. The zero-order valence-corrected chi connectivity index (χ0v) is 12.1. The van der Waals surface area contributed by atoms with Gasteiger partial charge in [0.1, 0.15) is 18.0 Å². The Morgan fingerprint density at radius 3 is 2.73 bits per heavy atom. The van der Waals surface area contributed by atoms with Crippen LogP contribution in [-0.4, -0.2) is 22.2 Å². The molecule has 0 aliphatic carbocycles. The van der Waals surface area contributed by atoms with Crippen molar-refractivity contribution in [1.82, 2.24) is 9.97 Å². The third-order valence-electron chi connectivity index (χ3n) is 3.36. The molecule has 0 saturated carbocycles. The molecule has 0 saturated heterocycles. The van der Waals surface area contributed by atoms with Gasteiger partial charge >= 0.3 is 0 Å². The standard InChI is InChI=1S/C16H14FN3O2/c1-9-5-10(3-4-12(9)17)20-16-11-6-14(21)15(22-2)7-13(11)18-8-19-16/h3-8,21H,1-2H3,(H,18,19,20). The zero-order valence-electron chi connectivity index (χ0n) is 12.1. The van der Waals surface area contributed by atoms with Crippen LogP contribution in [-0.2, 0) is 0 Å². The molecule has 0 aliphatic heterocycles. The average Bonchev–Trinajstić information content (AvgIpc) is 2.51. The first-order valence-electron chi connectivity index (χ1n) is 6.63. The van der Waals surface area contributed by atoms with Gasteiger partial charge in [0.05, 0.1) is 12.6 Å². The number of methoxy groups -OCH3 is 1. The molecular formula is C16H14FN3O2. The van der Waals surface area contributed by atoms with E-state index in [1.54, 1.807) is 25.1 Å². The summed E-state index contributed by atoms with van der Waals surface area (Å²) in [5.41, 5.74) is 1.87. The lowest BCUT2D eigenvalue weighted by Crippen LogP contribution is -1.97. The van der Waals surface area contributed by atoms with E-state index in [1.807, 2.05) is 0 Å². The topological polar surface area (TPSA) is 67.3 Å². The fourth-order valence-corrected chi connectivity index (χ4v) is 2.19. The third kappa shape index (κ3) is 2.50. The summed E-state index contributed by atoms with van der Waals surface area (Å²) in [6.45, 7) is 1.69. The minimum absolute atomic E-state index is 0.00290. The molecule has 2 N–H and O–H groups in total. The normalized spacial score (nSPS) is 10.7. The first kappa shape index (κ1) is 14.1. The monoisotopic (exact) mass is 299 g/mol. The molecule has 112 valence electrons. The van der Waals surface area contributed by atoms with E-state index in [1.165, 1.54) is 25.6 Å². The summed E-state index contributed by atoms with van der Waals surface area (Å²) in [5, 5.41) is 13.7. The highest BCUT2D eigenvalue weighted by molar-refractivity contribution is 5.92. The Balaban J connectivity index is 2.06. The average molecular weight is 299 g/mol. The van der Waals surface area contributed by atoms with E-state index in [9.17, 15) is 9.50 Å². The molecule has 22 heavy (non-hydrogen) atoms. The SMILES string of the molecule is COc1cc2ncnc(Nc3ccc(F)c(C)c3)c2cc1O. The van der Waals surface area contributed by atoms with Crippen LogP contribution in [0.5, 0.6) is 11.5 Å². The number of phenols is 1. The van der Waals surface area contributed by atoms with Gasteiger partial charge in [-0.05, 0) is 36.8 Å². The number of hydrogen-bond donors (Lipinski definition) is 2. The maximum atomic E-state index is 13.3. The van der Waals surface area contributed by atoms with E-state index in [0.29, 0.717) is 33.7 Å². The van der Waals surface area contributed by atoms with Gasteiger partial charge in [-0.25, -0.2) is 14.4 Å². The number of aryl methyl sites for hydroxylation is 1. The van der Waals surface area contributed by atoms with E-state index in [4.69, 9.17) is 4.74 Å². The molecule has 0 unspecified atom stereocenters. The summed E-state index contributed by atoms with van der Waals surface area (Å²) in [4.78, 5) is 8.35. The molecular weight excluding hydrogens is 285 g/mol. The largest absolute Gasteiger partial charge is 0.504 e. The number of aromatic hydroxyl groups is 1. The molecule has 0 bridgehead atoms. The molecule has 6 heteroatoms. The smallest absolute Gasteiger partial charge is 0.162 e. The van der Waals surface area contributed by atoms with Crippen molar-refractivity contribution in [2.24, 2.45) is 0 Å². The number of rotatable bonds is 3. The van der Waals surface area contributed by atoms with Crippen molar-refractivity contribution in [3.63, 3.8) is 0 Å². The van der Waals surface area contributed by atoms with Crippen molar-refractivity contribution in [3.8, 4) is 11.5 Å². The number of halogens is 1. The Bertz CT molecular complexity index is 852.